The molecule has 0 unspecified atom stereocenters. The molecular weight excluding hydrogens is 553 g/mol. The van der Waals surface area contributed by atoms with E-state index in [2.05, 4.69) is 15.4 Å². The lowest BCUT2D eigenvalue weighted by molar-refractivity contribution is -0.126. The maximum atomic E-state index is 13.2. The Morgan fingerprint density at radius 2 is 1.79 bits per heavy atom. The molecule has 0 aliphatic heterocycles. The van der Waals surface area contributed by atoms with Crippen molar-refractivity contribution in [3.05, 3.63) is 64.2 Å². The van der Waals surface area contributed by atoms with Crippen LogP contribution in [0, 0.1) is 5.82 Å². The van der Waals surface area contributed by atoms with Crippen molar-refractivity contribution in [2.24, 2.45) is 0 Å². The van der Waals surface area contributed by atoms with Crippen LogP contribution in [-0.2, 0) is 19.6 Å². The van der Waals surface area contributed by atoms with Crippen molar-refractivity contribution in [3.63, 3.8) is 0 Å². The fraction of sp³-hybridized carbons (Fsp3) is 0.385. The van der Waals surface area contributed by atoms with Crippen molar-refractivity contribution in [3.8, 4) is 0 Å². The summed E-state index contributed by atoms with van der Waals surface area (Å²) in [5, 5.41) is 6.29. The van der Waals surface area contributed by atoms with Crippen molar-refractivity contribution in [1.82, 2.24) is 15.4 Å². The third-order valence-electron chi connectivity index (χ3n) is 5.33. The largest absolute Gasteiger partial charge is 0.373 e. The smallest absolute Gasteiger partial charge is 0.262 e. The van der Waals surface area contributed by atoms with Crippen LogP contribution in [0.15, 0.2) is 53.4 Å². The van der Waals surface area contributed by atoms with E-state index in [1.54, 1.807) is 6.07 Å². The number of thiophene rings is 1. The van der Waals surface area contributed by atoms with Gasteiger partial charge >= 0.3 is 0 Å². The van der Waals surface area contributed by atoms with E-state index in [1.807, 2.05) is 45.0 Å². The Kier molecular flexibility index (Phi) is 10.2. The lowest BCUT2D eigenvalue weighted by atomic mass is 10.2. The van der Waals surface area contributed by atoms with Gasteiger partial charge in [0.05, 0.1) is 22.1 Å². The van der Waals surface area contributed by atoms with Crippen molar-refractivity contribution in [2.45, 2.75) is 50.2 Å². The molecule has 1 heterocycles. The number of carbonyl (C=O) groups excluding carboxylic acids is 2. The minimum absolute atomic E-state index is 0.00973. The van der Waals surface area contributed by atoms with Crippen LogP contribution in [0.2, 0.25) is 5.02 Å². The molecule has 0 saturated heterocycles. The average molecular weight is 584 g/mol. The normalized spacial score (nSPS) is 12.9. The summed E-state index contributed by atoms with van der Waals surface area (Å²) in [5.74, 6) is -1.39. The van der Waals surface area contributed by atoms with Crippen LogP contribution in [0.1, 0.15) is 43.3 Å². The van der Waals surface area contributed by atoms with Gasteiger partial charge in [0.15, 0.2) is 0 Å². The van der Waals surface area contributed by atoms with Gasteiger partial charge in [-0.3, -0.25) is 9.59 Å². The van der Waals surface area contributed by atoms with E-state index in [1.165, 1.54) is 11.3 Å². The van der Waals surface area contributed by atoms with Crippen molar-refractivity contribution in [1.29, 1.82) is 0 Å². The molecule has 3 rings (SSSR count). The second kappa shape index (κ2) is 13.0. The molecule has 206 valence electrons. The summed E-state index contributed by atoms with van der Waals surface area (Å²) in [4.78, 5) is 26.1. The lowest BCUT2D eigenvalue weighted by Crippen LogP contribution is -2.50. The molecule has 0 spiro atoms. The molecule has 0 radical (unpaired) electrons. The summed E-state index contributed by atoms with van der Waals surface area (Å²) in [5.41, 5.74) is -0.508. The Labute approximate surface area is 231 Å². The summed E-state index contributed by atoms with van der Waals surface area (Å²) >= 11 is 7.19. The van der Waals surface area contributed by atoms with Gasteiger partial charge in [-0.1, -0.05) is 29.8 Å². The molecule has 3 N–H and O–H groups in total. The van der Waals surface area contributed by atoms with Gasteiger partial charge in [0, 0.05) is 17.8 Å². The van der Waals surface area contributed by atoms with E-state index in [0.29, 0.717) is 17.7 Å². The molecule has 0 aliphatic carbocycles. The maximum Gasteiger partial charge on any atom is 0.262 e. The first kappa shape index (κ1) is 30.0. The predicted octanol–water partition coefficient (Wildman–Crippen LogP) is 4.48. The molecule has 0 saturated carbocycles. The SMILES string of the molecule is CC(C)(C)OC[C@H](NC(=O)c1cc2ccccc2s1)C(=O)NCCCCNS(=O)(=O)c1ccc(F)cc1Cl. The minimum Gasteiger partial charge on any atom is -0.373 e. The number of fused-ring (bicyclic) bond motifs is 1. The predicted molar refractivity (Wildman–Crippen MR) is 148 cm³/mol. The third kappa shape index (κ3) is 8.74. The van der Waals surface area contributed by atoms with E-state index < -0.39 is 33.4 Å². The highest BCUT2D eigenvalue weighted by atomic mass is 35.5. The molecule has 3 aromatic rings. The van der Waals surface area contributed by atoms with Gasteiger partial charge in [0.25, 0.3) is 5.91 Å². The highest BCUT2D eigenvalue weighted by Gasteiger charge is 2.25. The Hall–Kier alpha value is -2.57. The molecule has 2 aromatic carbocycles. The number of benzene rings is 2. The Balaban J connectivity index is 1.50. The van der Waals surface area contributed by atoms with Crippen LogP contribution >= 0.6 is 22.9 Å². The number of carbonyl (C=O) groups is 2. The fourth-order valence-electron chi connectivity index (χ4n) is 3.40. The standard InChI is InChI=1S/C26H31ClFN3O5S2/c1-26(2,3)36-16-20(31-25(33)22-14-17-8-4-5-9-21(17)37-22)24(32)29-12-6-7-13-30-38(34,35)23-11-10-18(28)15-19(23)27/h4-5,8-11,14-15,20,30H,6-7,12-13,16H2,1-3H3,(H,29,32)(H,31,33)/t20-/m0/s1. The number of rotatable bonds is 12. The summed E-state index contributed by atoms with van der Waals surface area (Å²) in [7, 11) is -3.89. The first-order valence-electron chi connectivity index (χ1n) is 12.0. The Morgan fingerprint density at radius 3 is 2.47 bits per heavy atom. The highest BCUT2D eigenvalue weighted by molar-refractivity contribution is 7.89. The third-order valence-corrected chi connectivity index (χ3v) is 8.39. The van der Waals surface area contributed by atoms with E-state index in [4.69, 9.17) is 16.3 Å². The van der Waals surface area contributed by atoms with Gasteiger partial charge in [-0.15, -0.1) is 11.3 Å². The zero-order chi connectivity index (χ0) is 27.9. The van der Waals surface area contributed by atoms with E-state index >= 15 is 0 Å². The zero-order valence-corrected chi connectivity index (χ0v) is 23.7. The van der Waals surface area contributed by atoms with Gasteiger partial charge in [-0.25, -0.2) is 17.5 Å². The number of halogens is 2. The van der Waals surface area contributed by atoms with Gasteiger partial charge in [0.2, 0.25) is 15.9 Å². The van der Waals surface area contributed by atoms with Crippen LogP contribution in [0.3, 0.4) is 0 Å². The van der Waals surface area contributed by atoms with E-state index in [0.717, 1.165) is 28.3 Å². The molecule has 1 atom stereocenters. The first-order chi connectivity index (χ1) is 17.9. The molecule has 38 heavy (non-hydrogen) atoms. The molecule has 2 amide bonds. The molecule has 8 nitrogen and oxygen atoms in total. The van der Waals surface area contributed by atoms with Gasteiger partial charge < -0.3 is 15.4 Å². The van der Waals surface area contributed by atoms with Gasteiger partial charge in [-0.2, -0.15) is 0 Å². The molecular formula is C26H31ClFN3O5S2. The van der Waals surface area contributed by atoms with Crippen LogP contribution in [0.5, 0.6) is 0 Å². The molecule has 0 bridgehead atoms. The van der Waals surface area contributed by atoms with Gasteiger partial charge in [-0.05, 0) is 69.3 Å². The Morgan fingerprint density at radius 1 is 1.08 bits per heavy atom. The van der Waals surface area contributed by atoms with Crippen LogP contribution in [-0.4, -0.2) is 51.6 Å². The molecule has 1 aromatic heterocycles. The van der Waals surface area contributed by atoms with Crippen molar-refractivity contribution < 1.29 is 27.1 Å². The number of sulfonamides is 1. The van der Waals surface area contributed by atoms with Crippen LogP contribution in [0.25, 0.3) is 10.1 Å². The maximum absolute atomic E-state index is 13.2. The first-order valence-corrected chi connectivity index (χ1v) is 14.7. The van der Waals surface area contributed by atoms with Gasteiger partial charge in [0.1, 0.15) is 16.8 Å². The average Bonchev–Trinajstić information content (AvgIpc) is 3.27. The summed E-state index contributed by atoms with van der Waals surface area (Å²) < 4.78 is 47.1. The van der Waals surface area contributed by atoms with E-state index in [9.17, 15) is 22.4 Å². The second-order valence-electron chi connectivity index (χ2n) is 9.57. The number of nitrogens with one attached hydrogen (secondary N) is 3. The highest BCUT2D eigenvalue weighted by Crippen LogP contribution is 2.25. The van der Waals surface area contributed by atoms with Crippen LogP contribution in [0.4, 0.5) is 4.39 Å². The van der Waals surface area contributed by atoms with Crippen molar-refractivity contribution >= 4 is 54.9 Å². The fourth-order valence-corrected chi connectivity index (χ4v) is 5.97. The lowest BCUT2D eigenvalue weighted by Gasteiger charge is -2.24. The van der Waals surface area contributed by atoms with Crippen LogP contribution < -0.4 is 15.4 Å². The van der Waals surface area contributed by atoms with Crippen molar-refractivity contribution in [2.75, 3.05) is 19.7 Å². The number of amides is 2. The monoisotopic (exact) mass is 583 g/mol. The molecule has 0 aliphatic rings. The number of hydrogen-bond donors (Lipinski definition) is 3. The number of hydrogen-bond acceptors (Lipinski definition) is 6. The Bertz CT molecular complexity index is 1360. The number of ether oxygens (including phenoxy) is 1. The molecule has 12 heteroatoms. The minimum atomic E-state index is -3.89. The summed E-state index contributed by atoms with van der Waals surface area (Å²) in [6.07, 6.45) is 0.901. The zero-order valence-electron chi connectivity index (χ0n) is 21.3. The second-order valence-corrected chi connectivity index (χ2v) is 12.8. The van der Waals surface area contributed by atoms with E-state index in [-0.39, 0.29) is 35.5 Å². The summed E-state index contributed by atoms with van der Waals surface area (Å²) in [6, 6.07) is 11.6. The number of unbranched alkanes of at least 4 members (excludes halogenated alkanes) is 1. The summed E-state index contributed by atoms with van der Waals surface area (Å²) in [6.45, 7) is 5.93. The quantitative estimate of drug-likeness (QED) is 0.272. The molecule has 0 fully saturated rings. The topological polar surface area (TPSA) is 114 Å².